The Morgan fingerprint density at radius 3 is 2.85 bits per heavy atom. The van der Waals surface area contributed by atoms with E-state index in [2.05, 4.69) is 5.32 Å². The highest BCUT2D eigenvalue weighted by atomic mass is 32.2. The zero-order chi connectivity index (χ0) is 9.53. The maximum absolute atomic E-state index is 12.6. The molecule has 1 spiro atoms. The molecule has 0 aromatic rings. The van der Waals surface area contributed by atoms with Crippen LogP contribution >= 0.6 is 0 Å². The van der Waals surface area contributed by atoms with Gasteiger partial charge in [0.15, 0.2) is 9.84 Å². The summed E-state index contributed by atoms with van der Waals surface area (Å²) in [7, 11) is -3.05. The minimum absolute atomic E-state index is 0.170. The summed E-state index contributed by atoms with van der Waals surface area (Å²) in [5, 5.41) is 3.03. The molecular formula is C8H14FNO2S. The molecule has 2 aliphatic heterocycles. The fourth-order valence-corrected chi connectivity index (χ4v) is 4.96. The summed E-state index contributed by atoms with van der Waals surface area (Å²) in [6, 6.07) is 0. The molecule has 0 aliphatic carbocycles. The first kappa shape index (κ1) is 9.40. The summed E-state index contributed by atoms with van der Waals surface area (Å²) >= 11 is 0. The Labute approximate surface area is 77.6 Å². The standard InChI is InChI=1S/C8H14FNO2S/c9-5-7-1-4-13(11,12)8(7)2-3-10-6-8/h7,10H,1-6H2. The van der Waals surface area contributed by atoms with Crippen LogP contribution in [-0.2, 0) is 9.84 Å². The van der Waals surface area contributed by atoms with Crippen molar-refractivity contribution in [1.82, 2.24) is 5.32 Å². The Bertz CT molecular complexity index is 295. The highest BCUT2D eigenvalue weighted by Gasteiger charge is 2.55. The lowest BCUT2D eigenvalue weighted by atomic mass is 9.90. The largest absolute Gasteiger partial charge is 0.315 e. The molecular weight excluding hydrogens is 193 g/mol. The van der Waals surface area contributed by atoms with Crippen molar-refractivity contribution in [3.05, 3.63) is 0 Å². The van der Waals surface area contributed by atoms with E-state index >= 15 is 0 Å². The van der Waals surface area contributed by atoms with Crippen LogP contribution < -0.4 is 5.32 Å². The molecule has 2 heterocycles. The van der Waals surface area contributed by atoms with E-state index in [4.69, 9.17) is 0 Å². The van der Waals surface area contributed by atoms with Crippen LogP contribution in [0.3, 0.4) is 0 Å². The highest BCUT2D eigenvalue weighted by molar-refractivity contribution is 7.93. The maximum Gasteiger partial charge on any atom is 0.157 e. The van der Waals surface area contributed by atoms with E-state index in [-0.39, 0.29) is 11.7 Å². The molecule has 1 N–H and O–H groups in total. The normalized spacial score (nSPS) is 43.0. The Balaban J connectivity index is 2.39. The van der Waals surface area contributed by atoms with Crippen LogP contribution in [0, 0.1) is 5.92 Å². The predicted octanol–water partition coefficient (Wildman–Crippen LogP) is 0.123. The molecule has 2 saturated heterocycles. The summed E-state index contributed by atoms with van der Waals surface area (Å²) in [6.45, 7) is 0.653. The molecule has 3 nitrogen and oxygen atoms in total. The van der Waals surface area contributed by atoms with Crippen molar-refractivity contribution in [3.63, 3.8) is 0 Å². The molecule has 2 aliphatic rings. The van der Waals surface area contributed by atoms with Crippen LogP contribution in [0.1, 0.15) is 12.8 Å². The lowest BCUT2D eigenvalue weighted by Gasteiger charge is -2.26. The van der Waals surface area contributed by atoms with Crippen LogP contribution in [0.2, 0.25) is 0 Å². The van der Waals surface area contributed by atoms with Gasteiger partial charge in [-0.05, 0) is 19.4 Å². The van der Waals surface area contributed by atoms with Gasteiger partial charge in [-0.15, -0.1) is 0 Å². The average molecular weight is 207 g/mol. The summed E-state index contributed by atoms with van der Waals surface area (Å²) in [4.78, 5) is 0. The zero-order valence-corrected chi connectivity index (χ0v) is 8.24. The Hall–Kier alpha value is -0.160. The fourth-order valence-electron chi connectivity index (χ4n) is 2.54. The van der Waals surface area contributed by atoms with E-state index in [1.807, 2.05) is 0 Å². The number of sulfone groups is 1. The molecule has 0 saturated carbocycles. The van der Waals surface area contributed by atoms with Crippen molar-refractivity contribution >= 4 is 9.84 Å². The number of hydrogen-bond donors (Lipinski definition) is 1. The van der Waals surface area contributed by atoms with Crippen LogP contribution in [0.4, 0.5) is 4.39 Å². The van der Waals surface area contributed by atoms with Crippen LogP contribution in [-0.4, -0.2) is 38.7 Å². The van der Waals surface area contributed by atoms with Gasteiger partial charge in [0.1, 0.15) is 0 Å². The van der Waals surface area contributed by atoms with Crippen molar-refractivity contribution in [2.24, 2.45) is 5.92 Å². The van der Waals surface area contributed by atoms with Gasteiger partial charge in [-0.3, -0.25) is 4.39 Å². The molecule has 13 heavy (non-hydrogen) atoms. The SMILES string of the molecule is O=S1(=O)CCC(CF)C12CCNC2. The average Bonchev–Trinajstić information content (AvgIpc) is 2.63. The van der Waals surface area contributed by atoms with E-state index < -0.39 is 21.3 Å². The van der Waals surface area contributed by atoms with E-state index in [0.717, 1.165) is 0 Å². The second-order valence-electron chi connectivity index (χ2n) is 3.95. The Kier molecular flexibility index (Phi) is 2.11. The van der Waals surface area contributed by atoms with Crippen LogP contribution in [0.25, 0.3) is 0 Å². The molecule has 0 radical (unpaired) electrons. The van der Waals surface area contributed by atoms with Crippen LogP contribution in [0.5, 0.6) is 0 Å². The molecule has 0 aromatic carbocycles. The van der Waals surface area contributed by atoms with Gasteiger partial charge in [-0.1, -0.05) is 0 Å². The third-order valence-electron chi connectivity index (χ3n) is 3.43. The zero-order valence-electron chi connectivity index (χ0n) is 7.42. The monoisotopic (exact) mass is 207 g/mol. The van der Waals surface area contributed by atoms with Gasteiger partial charge in [-0.25, -0.2) is 8.42 Å². The first-order valence-corrected chi connectivity index (χ1v) is 6.27. The summed E-state index contributed by atoms with van der Waals surface area (Å²) in [5.74, 6) is -0.101. The van der Waals surface area contributed by atoms with Gasteiger partial charge in [0.2, 0.25) is 0 Å². The molecule has 2 atom stereocenters. The topological polar surface area (TPSA) is 46.2 Å². The van der Waals surface area contributed by atoms with Gasteiger partial charge in [-0.2, -0.15) is 0 Å². The molecule has 0 bridgehead atoms. The molecule has 2 unspecified atom stereocenters. The summed E-state index contributed by atoms with van der Waals surface area (Å²) in [6.07, 6.45) is 1.09. The number of hydrogen-bond acceptors (Lipinski definition) is 3. The van der Waals surface area contributed by atoms with E-state index in [9.17, 15) is 12.8 Å². The molecule has 0 amide bonds. The number of nitrogens with one attached hydrogen (secondary N) is 1. The fraction of sp³-hybridized carbons (Fsp3) is 1.00. The van der Waals surface area contributed by atoms with E-state index in [0.29, 0.717) is 25.9 Å². The predicted molar refractivity (Wildman–Crippen MR) is 48.1 cm³/mol. The van der Waals surface area contributed by atoms with E-state index in [1.165, 1.54) is 0 Å². The third kappa shape index (κ3) is 1.13. The minimum atomic E-state index is -3.05. The maximum atomic E-state index is 12.6. The second kappa shape index (κ2) is 2.92. The minimum Gasteiger partial charge on any atom is -0.315 e. The Morgan fingerprint density at radius 1 is 1.54 bits per heavy atom. The van der Waals surface area contributed by atoms with Gasteiger partial charge in [0.05, 0.1) is 17.2 Å². The number of alkyl halides is 1. The third-order valence-corrected chi connectivity index (χ3v) is 6.13. The van der Waals surface area contributed by atoms with Crippen molar-refractivity contribution in [2.75, 3.05) is 25.5 Å². The van der Waals surface area contributed by atoms with Crippen LogP contribution in [0.15, 0.2) is 0 Å². The first-order chi connectivity index (χ1) is 6.12. The lowest BCUT2D eigenvalue weighted by molar-refractivity contribution is 0.300. The molecule has 2 fully saturated rings. The first-order valence-electron chi connectivity index (χ1n) is 4.61. The van der Waals surface area contributed by atoms with Crippen molar-refractivity contribution in [1.29, 1.82) is 0 Å². The highest BCUT2D eigenvalue weighted by Crippen LogP contribution is 2.42. The van der Waals surface area contributed by atoms with E-state index in [1.54, 1.807) is 0 Å². The molecule has 76 valence electrons. The molecule has 5 heteroatoms. The van der Waals surface area contributed by atoms with Gasteiger partial charge < -0.3 is 5.32 Å². The summed E-state index contributed by atoms with van der Waals surface area (Å²) < 4.78 is 35.4. The van der Waals surface area contributed by atoms with Gasteiger partial charge >= 0.3 is 0 Å². The molecule has 0 aromatic heterocycles. The number of rotatable bonds is 1. The smallest absolute Gasteiger partial charge is 0.157 e. The second-order valence-corrected chi connectivity index (χ2v) is 6.40. The van der Waals surface area contributed by atoms with Gasteiger partial charge in [0.25, 0.3) is 0 Å². The Morgan fingerprint density at radius 2 is 2.31 bits per heavy atom. The summed E-state index contributed by atoms with van der Waals surface area (Å²) in [5.41, 5.74) is 0. The van der Waals surface area contributed by atoms with Crippen molar-refractivity contribution in [2.45, 2.75) is 17.6 Å². The lowest BCUT2D eigenvalue weighted by Crippen LogP contribution is -2.43. The molecule has 2 rings (SSSR count). The number of halogens is 1. The van der Waals surface area contributed by atoms with Crippen molar-refractivity contribution in [3.8, 4) is 0 Å². The van der Waals surface area contributed by atoms with Crippen molar-refractivity contribution < 1.29 is 12.8 Å². The quantitative estimate of drug-likeness (QED) is 0.664. The van der Waals surface area contributed by atoms with Gasteiger partial charge in [0, 0.05) is 12.5 Å².